The van der Waals surface area contributed by atoms with E-state index < -0.39 is 21.0 Å². The van der Waals surface area contributed by atoms with Crippen molar-refractivity contribution >= 4 is 49.4 Å². The summed E-state index contributed by atoms with van der Waals surface area (Å²) in [5.41, 5.74) is 3.93. The number of halogens is 2. The van der Waals surface area contributed by atoms with Gasteiger partial charge in [0.05, 0.1) is 4.90 Å². The van der Waals surface area contributed by atoms with Crippen LogP contribution in [-0.2, 0) is 19.6 Å². The quantitative estimate of drug-likeness (QED) is 0.522. The van der Waals surface area contributed by atoms with Crippen LogP contribution in [0.4, 0.5) is 0 Å². The van der Waals surface area contributed by atoms with Crippen molar-refractivity contribution in [3.63, 3.8) is 0 Å². The van der Waals surface area contributed by atoms with Crippen molar-refractivity contribution in [1.29, 1.82) is 0 Å². The molecule has 4 saturated carbocycles. The van der Waals surface area contributed by atoms with Crippen LogP contribution >= 0.6 is 27.5 Å². The molecular formula is C21H27BrClN3O4S. The van der Waals surface area contributed by atoms with Gasteiger partial charge >= 0.3 is 0 Å². The molecule has 1 aromatic carbocycles. The highest BCUT2D eigenvalue weighted by Crippen LogP contribution is 2.59. The van der Waals surface area contributed by atoms with E-state index in [2.05, 4.69) is 26.0 Å². The molecule has 4 aliphatic rings. The van der Waals surface area contributed by atoms with E-state index in [0.29, 0.717) is 23.2 Å². The Bertz CT molecular complexity index is 1010. The summed E-state index contributed by atoms with van der Waals surface area (Å²) in [6.07, 6.45) is 4.20. The molecular weight excluding hydrogens is 506 g/mol. The van der Waals surface area contributed by atoms with Gasteiger partial charge in [-0.25, -0.2) is 8.42 Å². The van der Waals surface area contributed by atoms with Crippen molar-refractivity contribution in [2.24, 2.45) is 28.9 Å². The number of hydrogen-bond acceptors (Lipinski definition) is 4. The van der Waals surface area contributed by atoms with Gasteiger partial charge in [0.15, 0.2) is 0 Å². The van der Waals surface area contributed by atoms with Crippen molar-refractivity contribution in [3.8, 4) is 0 Å². The normalized spacial score (nSPS) is 32.1. The first kappa shape index (κ1) is 23.0. The van der Waals surface area contributed by atoms with Gasteiger partial charge < -0.3 is 11.1 Å². The number of sulfonamides is 1. The molecule has 4 bridgehead atoms. The molecule has 170 valence electrons. The summed E-state index contributed by atoms with van der Waals surface area (Å²) in [6, 6.07) is 4.29. The third kappa shape index (κ3) is 4.26. The second-order valence-corrected chi connectivity index (χ2v) is 13.0. The molecule has 2 unspecified atom stereocenters. The van der Waals surface area contributed by atoms with Crippen LogP contribution in [0.15, 0.2) is 27.6 Å². The van der Waals surface area contributed by atoms with Crippen LogP contribution in [0.25, 0.3) is 0 Å². The summed E-state index contributed by atoms with van der Waals surface area (Å²) < 4.78 is 28.8. The number of rotatable bonds is 6. The largest absolute Gasteiger partial charge is 0.369 e. The highest BCUT2D eigenvalue weighted by Gasteiger charge is 2.58. The van der Waals surface area contributed by atoms with Crippen molar-refractivity contribution in [2.45, 2.75) is 62.4 Å². The van der Waals surface area contributed by atoms with Crippen LogP contribution in [0.3, 0.4) is 0 Å². The molecule has 10 heteroatoms. The maximum atomic E-state index is 13.1. The molecule has 0 saturated heterocycles. The number of amides is 2. The van der Waals surface area contributed by atoms with E-state index in [4.69, 9.17) is 17.3 Å². The Morgan fingerprint density at radius 1 is 1.16 bits per heavy atom. The lowest BCUT2D eigenvalue weighted by Crippen LogP contribution is -2.65. The molecule has 2 atom stereocenters. The zero-order valence-corrected chi connectivity index (χ0v) is 20.6. The average molecular weight is 533 g/mol. The van der Waals surface area contributed by atoms with Gasteiger partial charge in [0, 0.05) is 21.0 Å². The molecule has 0 radical (unpaired) electrons. The Hall–Kier alpha value is -1.16. The fraction of sp³-hybridized carbons (Fsp3) is 0.619. The van der Waals surface area contributed by atoms with Gasteiger partial charge in [0.25, 0.3) is 0 Å². The van der Waals surface area contributed by atoms with Crippen molar-refractivity contribution < 1.29 is 18.0 Å². The van der Waals surface area contributed by atoms with Crippen molar-refractivity contribution in [3.05, 3.63) is 27.7 Å². The van der Waals surface area contributed by atoms with Gasteiger partial charge in [0.1, 0.15) is 5.54 Å². The minimum absolute atomic E-state index is 0.0224. The zero-order chi connectivity index (χ0) is 22.8. The number of nitrogens with two attached hydrogens (primary N) is 1. The maximum Gasteiger partial charge on any atom is 0.241 e. The van der Waals surface area contributed by atoms with Gasteiger partial charge in [-0.15, -0.1) is 0 Å². The standard InChI is InChI=1S/C21H27BrClN3O4S/c1-20(2,26-31(29,30)16-6-14(22)5-15(23)7-16)19(28)25-17-12-3-11-4-13(17)10-21(8-11,9-12)18(24)27/h5-7,11-13,17,26H,3-4,8-10H2,1-2H3,(H2,24,27)(H,25,28). The highest BCUT2D eigenvalue weighted by atomic mass is 79.9. The van der Waals surface area contributed by atoms with Crippen LogP contribution in [0.2, 0.25) is 5.02 Å². The third-order valence-electron chi connectivity index (χ3n) is 7.20. The molecule has 1 aromatic rings. The first-order chi connectivity index (χ1) is 14.3. The summed E-state index contributed by atoms with van der Waals surface area (Å²) in [7, 11) is -3.98. The fourth-order valence-electron chi connectivity index (χ4n) is 6.02. The Balaban J connectivity index is 1.49. The molecule has 0 heterocycles. The molecule has 5 rings (SSSR count). The van der Waals surface area contributed by atoms with Gasteiger partial charge in [-0.2, -0.15) is 4.72 Å². The molecule has 4 aliphatic carbocycles. The number of nitrogens with one attached hydrogen (secondary N) is 2. The molecule has 7 nitrogen and oxygen atoms in total. The molecule has 0 aromatic heterocycles. The lowest BCUT2D eigenvalue weighted by Gasteiger charge is -2.59. The van der Waals surface area contributed by atoms with Crippen molar-refractivity contribution in [1.82, 2.24) is 10.0 Å². The molecule has 4 fully saturated rings. The lowest BCUT2D eigenvalue weighted by atomic mass is 9.47. The van der Waals surface area contributed by atoms with Crippen molar-refractivity contribution in [2.75, 3.05) is 0 Å². The summed E-state index contributed by atoms with van der Waals surface area (Å²) in [5, 5.41) is 3.37. The first-order valence-corrected chi connectivity index (χ1v) is 13.1. The van der Waals surface area contributed by atoms with E-state index in [1.165, 1.54) is 12.1 Å². The van der Waals surface area contributed by atoms with E-state index in [1.807, 2.05) is 0 Å². The van der Waals surface area contributed by atoms with Crippen LogP contribution < -0.4 is 15.8 Å². The Morgan fingerprint density at radius 2 is 1.77 bits per heavy atom. The molecule has 0 spiro atoms. The van der Waals surface area contributed by atoms with Gasteiger partial charge in [-0.3, -0.25) is 9.59 Å². The summed E-state index contributed by atoms with van der Waals surface area (Å²) >= 11 is 9.23. The van der Waals surface area contributed by atoms with Gasteiger partial charge in [-0.05, 0) is 81.9 Å². The van der Waals surface area contributed by atoms with E-state index in [1.54, 1.807) is 19.9 Å². The maximum absolute atomic E-state index is 13.1. The van der Waals surface area contributed by atoms with E-state index >= 15 is 0 Å². The van der Waals surface area contributed by atoms with Crippen LogP contribution in [0, 0.1) is 23.2 Å². The molecule has 0 aliphatic heterocycles. The lowest BCUT2D eigenvalue weighted by molar-refractivity contribution is -0.148. The fourth-order valence-corrected chi connectivity index (χ4v) is 8.54. The Kier molecular flexibility index (Phi) is 5.72. The predicted molar refractivity (Wildman–Crippen MR) is 121 cm³/mol. The topological polar surface area (TPSA) is 118 Å². The highest BCUT2D eigenvalue weighted by molar-refractivity contribution is 9.10. The van der Waals surface area contributed by atoms with Crippen LogP contribution in [-0.4, -0.2) is 31.8 Å². The minimum Gasteiger partial charge on any atom is -0.369 e. The summed E-state index contributed by atoms with van der Waals surface area (Å²) in [4.78, 5) is 25.3. The number of benzene rings is 1. The number of carbonyl (C=O) groups excluding carboxylic acids is 2. The number of carbonyl (C=O) groups is 2. The third-order valence-corrected chi connectivity index (χ3v) is 9.51. The second-order valence-electron chi connectivity index (χ2n) is 9.95. The summed E-state index contributed by atoms with van der Waals surface area (Å²) in [5.74, 6) is 0.254. The smallest absolute Gasteiger partial charge is 0.241 e. The van der Waals surface area contributed by atoms with Gasteiger partial charge in [0.2, 0.25) is 21.8 Å². The average Bonchev–Trinajstić information content (AvgIpc) is 2.62. The monoisotopic (exact) mass is 531 g/mol. The number of hydrogen-bond donors (Lipinski definition) is 3. The minimum atomic E-state index is -3.98. The molecule has 2 amide bonds. The SMILES string of the molecule is CC(C)(NS(=O)(=O)c1cc(Cl)cc(Br)c1)C(=O)NC1C2CC3CC1CC(C(N)=O)(C3)C2. The summed E-state index contributed by atoms with van der Waals surface area (Å²) in [6.45, 7) is 3.08. The van der Waals surface area contributed by atoms with Crippen LogP contribution in [0.5, 0.6) is 0 Å². The van der Waals surface area contributed by atoms with E-state index in [9.17, 15) is 18.0 Å². The first-order valence-electron chi connectivity index (χ1n) is 10.4. The predicted octanol–water partition coefficient (Wildman–Crippen LogP) is 2.96. The zero-order valence-electron chi connectivity index (χ0n) is 17.5. The van der Waals surface area contributed by atoms with Crippen LogP contribution in [0.1, 0.15) is 46.0 Å². The molecule has 4 N–H and O–H groups in total. The van der Waals surface area contributed by atoms with E-state index in [-0.39, 0.29) is 39.6 Å². The Morgan fingerprint density at radius 3 is 2.32 bits per heavy atom. The second kappa shape index (κ2) is 7.71. The number of primary amides is 1. The van der Waals surface area contributed by atoms with Gasteiger partial charge in [-0.1, -0.05) is 27.5 Å². The molecule has 31 heavy (non-hydrogen) atoms. The van der Waals surface area contributed by atoms with E-state index in [0.717, 1.165) is 19.3 Å². The Labute approximate surface area is 196 Å².